The third kappa shape index (κ3) is 3.29. The number of carbonyl (C=O) groups excluding carboxylic acids is 1. The Morgan fingerprint density at radius 2 is 1.90 bits per heavy atom. The normalized spacial score (nSPS) is 7.80. The Morgan fingerprint density at radius 3 is 1.90 bits per heavy atom. The number of carboxylic acid groups (broad SMARTS) is 1. The molecule has 0 heterocycles. The minimum Gasteiger partial charge on any atom is -0.465 e. The van der Waals surface area contributed by atoms with E-state index in [2.05, 4.69) is 0 Å². The van der Waals surface area contributed by atoms with E-state index in [1.165, 1.54) is 6.92 Å². The fourth-order valence-corrected chi connectivity index (χ4v) is 0.493. The molecule has 0 aromatic carbocycles. The Morgan fingerprint density at radius 1 is 1.50 bits per heavy atom. The van der Waals surface area contributed by atoms with Gasteiger partial charge < -0.3 is 5.11 Å². The number of halogens is 1. The van der Waals surface area contributed by atoms with Crippen LogP contribution in [0.25, 0.3) is 0 Å². The third-order valence-electron chi connectivity index (χ3n) is 0.927. The van der Waals surface area contributed by atoms with E-state index in [1.54, 1.807) is 6.92 Å². The molecule has 0 fully saturated rings. The van der Waals surface area contributed by atoms with Crippen molar-refractivity contribution in [3.63, 3.8) is 0 Å². The molecule has 0 rings (SSSR count). The molecule has 0 radical (unpaired) electrons. The molecule has 2 amide bonds. The lowest BCUT2D eigenvalue weighted by Crippen LogP contribution is -2.33. The first-order valence-electron chi connectivity index (χ1n) is 2.60. The molecule has 10 heavy (non-hydrogen) atoms. The van der Waals surface area contributed by atoms with E-state index in [-0.39, 0.29) is 19.0 Å². The summed E-state index contributed by atoms with van der Waals surface area (Å²) in [7, 11) is 0. The van der Waals surface area contributed by atoms with Gasteiger partial charge in [-0.15, -0.1) is 12.4 Å². The van der Waals surface area contributed by atoms with E-state index in [0.717, 1.165) is 4.90 Å². The van der Waals surface area contributed by atoms with Crippen molar-refractivity contribution >= 4 is 24.4 Å². The second-order valence-corrected chi connectivity index (χ2v) is 1.55. The van der Waals surface area contributed by atoms with Crippen LogP contribution in [0, 0.1) is 0 Å². The standard InChI is InChI=1S/C5H9NO3.ClH/c1-3-6(4(2)7)5(8)9;/h3H2,1-2H3,(H,8,9);1H. The molecule has 0 bridgehead atoms. The van der Waals surface area contributed by atoms with Crippen LogP contribution in [0.3, 0.4) is 0 Å². The minimum atomic E-state index is -1.19. The zero-order valence-electron chi connectivity index (χ0n) is 5.83. The second kappa shape index (κ2) is 5.05. The quantitative estimate of drug-likeness (QED) is 0.633. The first-order valence-corrected chi connectivity index (χ1v) is 2.60. The van der Waals surface area contributed by atoms with Gasteiger partial charge in [-0.2, -0.15) is 0 Å². The van der Waals surface area contributed by atoms with Crippen LogP contribution >= 0.6 is 12.4 Å². The molecular weight excluding hydrogens is 158 g/mol. The van der Waals surface area contributed by atoms with Gasteiger partial charge in [0.25, 0.3) is 0 Å². The molecule has 0 spiro atoms. The van der Waals surface area contributed by atoms with E-state index in [9.17, 15) is 9.59 Å². The lowest BCUT2D eigenvalue weighted by Gasteiger charge is -2.10. The fourth-order valence-electron chi connectivity index (χ4n) is 0.493. The number of rotatable bonds is 1. The van der Waals surface area contributed by atoms with Crippen molar-refractivity contribution in [2.24, 2.45) is 0 Å². The molecule has 0 aliphatic carbocycles. The summed E-state index contributed by atoms with van der Waals surface area (Å²) in [6.07, 6.45) is -1.19. The van der Waals surface area contributed by atoms with Crippen molar-refractivity contribution in [3.05, 3.63) is 0 Å². The van der Waals surface area contributed by atoms with E-state index in [0.29, 0.717) is 0 Å². The molecule has 0 saturated heterocycles. The molecule has 0 aromatic rings. The van der Waals surface area contributed by atoms with Gasteiger partial charge in [-0.3, -0.25) is 4.79 Å². The maximum absolute atomic E-state index is 10.4. The number of imide groups is 1. The van der Waals surface area contributed by atoms with E-state index in [4.69, 9.17) is 5.11 Å². The summed E-state index contributed by atoms with van der Waals surface area (Å²) >= 11 is 0. The van der Waals surface area contributed by atoms with Gasteiger partial charge in [0.05, 0.1) is 0 Å². The maximum atomic E-state index is 10.4. The van der Waals surface area contributed by atoms with E-state index < -0.39 is 12.0 Å². The lowest BCUT2D eigenvalue weighted by atomic mass is 10.5. The molecule has 1 N–H and O–H groups in total. The van der Waals surface area contributed by atoms with Gasteiger partial charge >= 0.3 is 6.09 Å². The Hall–Kier alpha value is -0.770. The van der Waals surface area contributed by atoms with Gasteiger partial charge in [-0.1, -0.05) is 0 Å². The van der Waals surface area contributed by atoms with Crippen LogP contribution in [0.2, 0.25) is 0 Å². The fraction of sp³-hybridized carbons (Fsp3) is 0.600. The first-order chi connectivity index (χ1) is 4.09. The third-order valence-corrected chi connectivity index (χ3v) is 0.927. The Kier molecular flexibility index (Phi) is 6.04. The summed E-state index contributed by atoms with van der Waals surface area (Å²) in [6, 6.07) is 0. The van der Waals surface area contributed by atoms with Crippen LogP contribution in [0.5, 0.6) is 0 Å². The van der Waals surface area contributed by atoms with Crippen LogP contribution in [-0.4, -0.2) is 28.6 Å². The van der Waals surface area contributed by atoms with E-state index in [1.807, 2.05) is 0 Å². The average Bonchev–Trinajstić information content (AvgIpc) is 1.64. The number of amides is 2. The lowest BCUT2D eigenvalue weighted by molar-refractivity contribution is -0.126. The number of nitrogens with zero attached hydrogens (tertiary/aromatic N) is 1. The summed E-state index contributed by atoms with van der Waals surface area (Å²) in [6.45, 7) is 3.04. The summed E-state index contributed by atoms with van der Waals surface area (Å²) in [5.41, 5.74) is 0. The number of hydrogen-bond donors (Lipinski definition) is 1. The molecule has 4 nitrogen and oxygen atoms in total. The molecule has 0 aliphatic heterocycles. The molecule has 0 aromatic heterocycles. The van der Waals surface area contributed by atoms with Crippen molar-refractivity contribution < 1.29 is 14.7 Å². The topological polar surface area (TPSA) is 57.6 Å². The predicted molar refractivity (Wildman–Crippen MR) is 38.3 cm³/mol. The maximum Gasteiger partial charge on any atom is 0.414 e. The Balaban J connectivity index is 0. The second-order valence-electron chi connectivity index (χ2n) is 1.55. The zero-order valence-corrected chi connectivity index (χ0v) is 6.64. The molecule has 0 aliphatic rings. The summed E-state index contributed by atoms with van der Waals surface area (Å²) in [4.78, 5) is 21.2. The highest BCUT2D eigenvalue weighted by Crippen LogP contribution is 1.87. The van der Waals surface area contributed by atoms with Crippen molar-refractivity contribution in [2.75, 3.05) is 6.54 Å². The Labute approximate surface area is 65.2 Å². The highest BCUT2D eigenvalue weighted by atomic mass is 35.5. The van der Waals surface area contributed by atoms with Gasteiger partial charge in [0.2, 0.25) is 5.91 Å². The molecule has 0 atom stereocenters. The molecule has 0 unspecified atom stereocenters. The monoisotopic (exact) mass is 167 g/mol. The van der Waals surface area contributed by atoms with Crippen molar-refractivity contribution in [1.29, 1.82) is 0 Å². The molecule has 5 heteroatoms. The molecule has 60 valence electrons. The highest BCUT2D eigenvalue weighted by molar-refractivity contribution is 5.89. The summed E-state index contributed by atoms with van der Waals surface area (Å²) in [5.74, 6) is -0.440. The summed E-state index contributed by atoms with van der Waals surface area (Å²) in [5, 5.41) is 8.25. The van der Waals surface area contributed by atoms with Crippen molar-refractivity contribution in [1.82, 2.24) is 4.90 Å². The van der Waals surface area contributed by atoms with Crippen LogP contribution in [-0.2, 0) is 4.79 Å². The molecular formula is C5H10ClNO3. The van der Waals surface area contributed by atoms with Gasteiger partial charge in [0, 0.05) is 13.5 Å². The largest absolute Gasteiger partial charge is 0.465 e. The van der Waals surface area contributed by atoms with Gasteiger partial charge in [0.1, 0.15) is 0 Å². The predicted octanol–water partition coefficient (Wildman–Crippen LogP) is 0.955. The van der Waals surface area contributed by atoms with Gasteiger partial charge in [-0.05, 0) is 6.92 Å². The van der Waals surface area contributed by atoms with Crippen LogP contribution in [0.15, 0.2) is 0 Å². The average molecular weight is 168 g/mol. The zero-order chi connectivity index (χ0) is 7.44. The number of hydrogen-bond acceptors (Lipinski definition) is 2. The van der Waals surface area contributed by atoms with Gasteiger partial charge in [0.15, 0.2) is 0 Å². The Bertz CT molecular complexity index is 123. The van der Waals surface area contributed by atoms with E-state index >= 15 is 0 Å². The van der Waals surface area contributed by atoms with Gasteiger partial charge in [-0.25, -0.2) is 9.69 Å². The van der Waals surface area contributed by atoms with Crippen molar-refractivity contribution in [2.45, 2.75) is 13.8 Å². The highest BCUT2D eigenvalue weighted by Gasteiger charge is 2.12. The number of carbonyl (C=O) groups is 2. The van der Waals surface area contributed by atoms with Crippen molar-refractivity contribution in [3.8, 4) is 0 Å². The van der Waals surface area contributed by atoms with Crippen LogP contribution in [0.1, 0.15) is 13.8 Å². The molecule has 0 saturated carbocycles. The SMILES string of the molecule is CCN(C(C)=O)C(=O)O.Cl. The smallest absolute Gasteiger partial charge is 0.414 e. The first kappa shape index (κ1) is 12.0. The summed E-state index contributed by atoms with van der Waals surface area (Å²) < 4.78 is 0. The van der Waals surface area contributed by atoms with Crippen LogP contribution < -0.4 is 0 Å². The minimum absolute atomic E-state index is 0. The van der Waals surface area contributed by atoms with Crippen LogP contribution in [0.4, 0.5) is 4.79 Å².